The van der Waals surface area contributed by atoms with Gasteiger partial charge >= 0.3 is 0 Å². The first-order valence-corrected chi connectivity index (χ1v) is 9.41. The summed E-state index contributed by atoms with van der Waals surface area (Å²) >= 11 is 1.57. The fourth-order valence-corrected chi connectivity index (χ4v) is 3.50. The summed E-state index contributed by atoms with van der Waals surface area (Å²) in [6.07, 6.45) is 3.41. The number of methoxy groups -OCH3 is 1. The predicted molar refractivity (Wildman–Crippen MR) is 104 cm³/mol. The van der Waals surface area contributed by atoms with E-state index in [0.29, 0.717) is 11.6 Å². The van der Waals surface area contributed by atoms with Crippen LogP contribution in [0.5, 0.6) is 5.75 Å². The Labute approximate surface area is 161 Å². The first kappa shape index (κ1) is 17.4. The molecular formula is C20H18N4O2S. The highest BCUT2D eigenvalue weighted by atomic mass is 32.2. The molecule has 0 atom stereocenters. The summed E-state index contributed by atoms with van der Waals surface area (Å²) in [5.74, 6) is 2.04. The molecule has 0 amide bonds. The highest BCUT2D eigenvalue weighted by Crippen LogP contribution is 2.27. The van der Waals surface area contributed by atoms with Crippen molar-refractivity contribution in [1.29, 1.82) is 0 Å². The maximum atomic E-state index is 5.62. The fourth-order valence-electron chi connectivity index (χ4n) is 2.70. The van der Waals surface area contributed by atoms with E-state index >= 15 is 0 Å². The molecular weight excluding hydrogens is 360 g/mol. The van der Waals surface area contributed by atoms with Gasteiger partial charge in [-0.1, -0.05) is 30.0 Å². The molecule has 2 heterocycles. The number of rotatable bonds is 6. The molecule has 0 spiro atoms. The number of aryl methyl sites for hydroxylation is 1. The van der Waals surface area contributed by atoms with E-state index in [-0.39, 0.29) is 0 Å². The Balaban J connectivity index is 1.48. The van der Waals surface area contributed by atoms with Crippen molar-refractivity contribution in [2.45, 2.75) is 17.8 Å². The van der Waals surface area contributed by atoms with Crippen LogP contribution in [0.1, 0.15) is 11.3 Å². The SMILES string of the molecule is COc1ccc(-c2nc(CSc3nncn3-c3ccccc3C)co2)cc1. The topological polar surface area (TPSA) is 66.0 Å². The predicted octanol–water partition coefficient (Wildman–Crippen LogP) is 4.53. The van der Waals surface area contributed by atoms with Gasteiger partial charge in [0, 0.05) is 11.3 Å². The van der Waals surface area contributed by atoms with Gasteiger partial charge in [-0.15, -0.1) is 10.2 Å². The van der Waals surface area contributed by atoms with Crippen molar-refractivity contribution in [3.63, 3.8) is 0 Å². The van der Waals surface area contributed by atoms with E-state index in [1.807, 2.05) is 41.0 Å². The lowest BCUT2D eigenvalue weighted by atomic mass is 10.2. The molecule has 136 valence electrons. The number of hydrogen-bond donors (Lipinski definition) is 0. The van der Waals surface area contributed by atoms with E-state index in [2.05, 4.69) is 34.2 Å². The van der Waals surface area contributed by atoms with Crippen molar-refractivity contribution in [2.75, 3.05) is 7.11 Å². The number of ether oxygens (including phenoxy) is 1. The third kappa shape index (κ3) is 3.73. The normalized spacial score (nSPS) is 10.9. The standard InChI is InChI=1S/C20H18N4O2S/c1-14-5-3-4-6-18(14)24-13-21-23-20(24)27-12-16-11-26-19(22-16)15-7-9-17(25-2)10-8-15/h3-11,13H,12H2,1-2H3. The van der Waals surface area contributed by atoms with Gasteiger partial charge in [0.25, 0.3) is 0 Å². The zero-order valence-electron chi connectivity index (χ0n) is 15.0. The number of thioether (sulfide) groups is 1. The molecule has 7 heteroatoms. The lowest BCUT2D eigenvalue weighted by Gasteiger charge is -2.08. The average molecular weight is 378 g/mol. The molecule has 0 saturated heterocycles. The second-order valence-electron chi connectivity index (χ2n) is 5.93. The Kier molecular flexibility index (Phi) is 4.93. The number of oxazole rings is 1. The molecule has 0 aliphatic rings. The molecule has 4 rings (SSSR count). The third-order valence-corrected chi connectivity index (χ3v) is 5.11. The van der Waals surface area contributed by atoms with E-state index in [1.165, 1.54) is 5.56 Å². The van der Waals surface area contributed by atoms with Crippen molar-refractivity contribution in [1.82, 2.24) is 19.7 Å². The molecule has 6 nitrogen and oxygen atoms in total. The van der Waals surface area contributed by atoms with Gasteiger partial charge in [-0.2, -0.15) is 0 Å². The lowest BCUT2D eigenvalue weighted by Crippen LogP contribution is -1.97. The Hall–Kier alpha value is -3.06. The highest BCUT2D eigenvalue weighted by molar-refractivity contribution is 7.98. The first-order valence-electron chi connectivity index (χ1n) is 8.42. The highest BCUT2D eigenvalue weighted by Gasteiger charge is 2.12. The van der Waals surface area contributed by atoms with Crippen molar-refractivity contribution >= 4 is 11.8 Å². The fraction of sp³-hybridized carbons (Fsp3) is 0.150. The van der Waals surface area contributed by atoms with E-state index in [4.69, 9.17) is 9.15 Å². The maximum Gasteiger partial charge on any atom is 0.226 e. The molecule has 4 aromatic rings. The van der Waals surface area contributed by atoms with Gasteiger partial charge in [0.2, 0.25) is 5.89 Å². The lowest BCUT2D eigenvalue weighted by molar-refractivity contribution is 0.415. The molecule has 2 aromatic carbocycles. The molecule has 0 saturated carbocycles. The van der Waals surface area contributed by atoms with E-state index in [1.54, 1.807) is 31.5 Å². The molecule has 0 bridgehead atoms. The second-order valence-corrected chi connectivity index (χ2v) is 6.87. The number of aromatic nitrogens is 4. The van der Waals surface area contributed by atoms with Crippen LogP contribution >= 0.6 is 11.8 Å². The van der Waals surface area contributed by atoms with Gasteiger partial charge in [-0.05, 0) is 42.8 Å². The molecule has 0 aliphatic carbocycles. The summed E-state index contributed by atoms with van der Waals surface area (Å²) in [7, 11) is 1.64. The van der Waals surface area contributed by atoms with Gasteiger partial charge in [0.05, 0.1) is 18.5 Å². The average Bonchev–Trinajstić information content (AvgIpc) is 3.36. The van der Waals surface area contributed by atoms with Crippen LogP contribution in [0, 0.1) is 6.92 Å². The van der Waals surface area contributed by atoms with Crippen molar-refractivity contribution < 1.29 is 9.15 Å². The van der Waals surface area contributed by atoms with Gasteiger partial charge in [-0.3, -0.25) is 4.57 Å². The van der Waals surface area contributed by atoms with E-state index in [0.717, 1.165) is 27.9 Å². The summed E-state index contributed by atoms with van der Waals surface area (Å²) in [6, 6.07) is 15.8. The minimum absolute atomic E-state index is 0.591. The Bertz CT molecular complexity index is 1040. The zero-order valence-corrected chi connectivity index (χ0v) is 15.8. The van der Waals surface area contributed by atoms with Crippen LogP contribution in [0.25, 0.3) is 17.1 Å². The Morgan fingerprint density at radius 3 is 2.70 bits per heavy atom. The number of hydrogen-bond acceptors (Lipinski definition) is 6. The summed E-state index contributed by atoms with van der Waals surface area (Å²) < 4.78 is 12.8. The van der Waals surface area contributed by atoms with Crippen molar-refractivity contribution in [3.05, 3.63) is 72.4 Å². The van der Waals surface area contributed by atoms with Crippen LogP contribution < -0.4 is 4.74 Å². The first-order chi connectivity index (χ1) is 13.2. The van der Waals surface area contributed by atoms with Crippen LogP contribution in [0.3, 0.4) is 0 Å². The van der Waals surface area contributed by atoms with Crippen molar-refractivity contribution in [3.8, 4) is 22.9 Å². The van der Waals surface area contributed by atoms with E-state index < -0.39 is 0 Å². The largest absolute Gasteiger partial charge is 0.497 e. The summed E-state index contributed by atoms with van der Waals surface area (Å²) in [5, 5.41) is 9.11. The molecule has 2 aromatic heterocycles. The van der Waals surface area contributed by atoms with Gasteiger partial charge in [-0.25, -0.2) is 4.98 Å². The minimum atomic E-state index is 0.591. The Morgan fingerprint density at radius 1 is 1.11 bits per heavy atom. The van der Waals surface area contributed by atoms with Gasteiger partial charge in [0.15, 0.2) is 5.16 Å². The third-order valence-electron chi connectivity index (χ3n) is 4.13. The second kappa shape index (κ2) is 7.67. The molecule has 0 N–H and O–H groups in total. The van der Waals surface area contributed by atoms with Crippen LogP contribution in [0.15, 0.2) is 70.7 Å². The number of para-hydroxylation sites is 1. The number of nitrogens with zero attached hydrogens (tertiary/aromatic N) is 4. The van der Waals surface area contributed by atoms with Crippen LogP contribution in [0.4, 0.5) is 0 Å². The van der Waals surface area contributed by atoms with Gasteiger partial charge < -0.3 is 9.15 Å². The molecule has 27 heavy (non-hydrogen) atoms. The summed E-state index contributed by atoms with van der Waals surface area (Å²) in [4.78, 5) is 4.57. The van der Waals surface area contributed by atoms with Crippen LogP contribution in [-0.4, -0.2) is 26.9 Å². The molecule has 0 fully saturated rings. The summed E-state index contributed by atoms with van der Waals surface area (Å²) in [5.41, 5.74) is 4.01. The molecule has 0 unspecified atom stereocenters. The maximum absolute atomic E-state index is 5.62. The minimum Gasteiger partial charge on any atom is -0.497 e. The van der Waals surface area contributed by atoms with Crippen LogP contribution in [0.2, 0.25) is 0 Å². The van der Waals surface area contributed by atoms with Gasteiger partial charge in [0.1, 0.15) is 18.3 Å². The summed E-state index contributed by atoms with van der Waals surface area (Å²) in [6.45, 7) is 2.07. The molecule has 0 radical (unpaired) electrons. The molecule has 0 aliphatic heterocycles. The monoisotopic (exact) mass is 378 g/mol. The van der Waals surface area contributed by atoms with E-state index in [9.17, 15) is 0 Å². The van der Waals surface area contributed by atoms with Crippen LogP contribution in [-0.2, 0) is 5.75 Å². The zero-order chi connectivity index (χ0) is 18.6. The quantitative estimate of drug-likeness (QED) is 0.459. The van der Waals surface area contributed by atoms with Crippen molar-refractivity contribution in [2.24, 2.45) is 0 Å². The number of benzene rings is 2. The Morgan fingerprint density at radius 2 is 1.93 bits per heavy atom. The smallest absolute Gasteiger partial charge is 0.226 e.